The second-order valence-corrected chi connectivity index (χ2v) is 18.2. The maximum atomic E-state index is 10.8. The minimum atomic E-state index is -3.52. The van der Waals surface area contributed by atoms with Crippen LogP contribution >= 0.6 is 47.8 Å². The van der Waals surface area contributed by atoms with Gasteiger partial charge in [0, 0.05) is 15.4 Å². The molecule has 0 radical (unpaired) electrons. The third-order valence-corrected chi connectivity index (χ3v) is 10.6. The first-order chi connectivity index (χ1) is 23.2. The van der Waals surface area contributed by atoms with E-state index in [1.54, 1.807) is 6.07 Å². The van der Waals surface area contributed by atoms with Crippen LogP contribution in [0.4, 0.5) is 0 Å². The van der Waals surface area contributed by atoms with E-state index in [4.69, 9.17) is 4.74 Å². The van der Waals surface area contributed by atoms with Crippen molar-refractivity contribution in [2.75, 3.05) is 12.5 Å². The Morgan fingerprint density at radius 2 is 1.06 bits per heavy atom. The molecule has 0 unspecified atom stereocenters. The van der Waals surface area contributed by atoms with E-state index in [2.05, 4.69) is 127 Å². The average molecular weight is 952 g/mol. The molecule has 3 aromatic rings. The summed E-state index contributed by atoms with van der Waals surface area (Å²) in [7, 11) is -7.04. The van der Waals surface area contributed by atoms with Crippen molar-refractivity contribution in [2.45, 2.75) is 105 Å². The van der Waals surface area contributed by atoms with Crippen LogP contribution in [0.15, 0.2) is 68.0 Å². The van der Waals surface area contributed by atoms with E-state index in [-0.39, 0.29) is 47.8 Å². The molecule has 0 saturated carbocycles. The van der Waals surface area contributed by atoms with Gasteiger partial charge in [0.15, 0.2) is 0 Å². The van der Waals surface area contributed by atoms with Gasteiger partial charge in [-0.15, -0.1) is 0 Å². The van der Waals surface area contributed by atoms with Crippen molar-refractivity contribution in [3.8, 4) is 11.5 Å². The SMILES string of the molecule is CCc1ccc(C[C@@H](C)C[C@H](C)Oc2ccc(CC)cc2Br)c(Br)c1.CCc1ccc([O-])c(Br)c1.C[C@H](C[C@H](C)OS(C)(=O)=O)OS(C)(=O)=O.[Na+]. The van der Waals surface area contributed by atoms with E-state index in [1.807, 2.05) is 12.1 Å². The number of aryl methyl sites for hydroxylation is 3. The van der Waals surface area contributed by atoms with Gasteiger partial charge in [0.2, 0.25) is 0 Å². The second-order valence-electron chi connectivity index (χ2n) is 12.4. The molecule has 4 atom stereocenters. The van der Waals surface area contributed by atoms with Gasteiger partial charge in [-0.2, -0.15) is 16.8 Å². The van der Waals surface area contributed by atoms with Crippen LogP contribution < -0.4 is 39.4 Å². The summed E-state index contributed by atoms with van der Waals surface area (Å²) in [6.45, 7) is 13.9. The van der Waals surface area contributed by atoms with Gasteiger partial charge in [0.05, 0.1) is 35.3 Å². The molecule has 14 heteroatoms. The van der Waals surface area contributed by atoms with Crippen LogP contribution in [0.3, 0.4) is 0 Å². The summed E-state index contributed by atoms with van der Waals surface area (Å²) in [5.74, 6) is 1.55. The van der Waals surface area contributed by atoms with E-state index in [1.165, 1.54) is 40.6 Å². The van der Waals surface area contributed by atoms with Crippen LogP contribution in [0.25, 0.3) is 0 Å². The van der Waals surface area contributed by atoms with Gasteiger partial charge in [-0.1, -0.05) is 95.6 Å². The first-order valence-corrected chi connectivity index (χ1v) is 22.6. The Hall–Kier alpha value is -0.480. The fourth-order valence-corrected chi connectivity index (χ4v) is 7.92. The van der Waals surface area contributed by atoms with Gasteiger partial charge in [-0.25, -0.2) is 0 Å². The van der Waals surface area contributed by atoms with Crippen molar-refractivity contribution in [3.63, 3.8) is 0 Å². The van der Waals surface area contributed by atoms with Crippen LogP contribution in [0.5, 0.6) is 11.5 Å². The third-order valence-electron chi connectivity index (χ3n) is 7.31. The van der Waals surface area contributed by atoms with Crippen molar-refractivity contribution in [1.29, 1.82) is 0 Å². The third kappa shape index (κ3) is 22.5. The molecule has 0 aliphatic heterocycles. The summed E-state index contributed by atoms with van der Waals surface area (Å²) in [5.41, 5.74) is 5.26. The van der Waals surface area contributed by atoms with Gasteiger partial charge in [-0.05, 0) is 121 Å². The molecule has 0 spiro atoms. The summed E-state index contributed by atoms with van der Waals surface area (Å²) in [6, 6.07) is 18.4. The van der Waals surface area contributed by atoms with Crippen molar-refractivity contribution in [3.05, 3.63) is 90.3 Å². The zero-order chi connectivity index (χ0) is 38.2. The zero-order valence-electron chi connectivity index (χ0n) is 31.5. The molecule has 0 aliphatic carbocycles. The standard InChI is InChI=1S/C22H28Br2O.C8H9BrO.C7H16O6S2.Na/c1-5-17-7-9-19(20(23)13-17)12-15(3)11-16(4)25-22-10-8-18(6-2)14-21(22)24;1-2-6-3-4-8(10)7(9)5-6;1-6(12-14(3,8)9)5-7(2)13-15(4,10)11;/h7-10,13-16H,5-6,11-12H2,1-4H3;3-5,10H,2H2,1H3;6-7H,5H2,1-4H3;/q;;;+1/p-1/t15-,16-;;6-,7+;/m0.../s1. The summed E-state index contributed by atoms with van der Waals surface area (Å²) in [5, 5.41) is 10.8. The maximum absolute atomic E-state index is 10.8. The van der Waals surface area contributed by atoms with Crippen LogP contribution in [0, 0.1) is 5.92 Å². The predicted octanol–water partition coefficient (Wildman–Crippen LogP) is 6.57. The number of rotatable bonds is 15. The Balaban J connectivity index is 0.000000816. The van der Waals surface area contributed by atoms with Crippen LogP contribution in [0.2, 0.25) is 0 Å². The minimum Gasteiger partial charge on any atom is -0.872 e. The largest absolute Gasteiger partial charge is 1.00 e. The fourth-order valence-electron chi connectivity index (χ4n) is 5.03. The molecule has 0 amide bonds. The molecule has 282 valence electrons. The Bertz CT molecular complexity index is 1610. The molecule has 0 N–H and O–H groups in total. The predicted molar refractivity (Wildman–Crippen MR) is 213 cm³/mol. The van der Waals surface area contributed by atoms with E-state index in [0.29, 0.717) is 10.4 Å². The molecule has 3 aromatic carbocycles. The number of hydrogen-bond donors (Lipinski definition) is 0. The number of ether oxygens (including phenoxy) is 1. The smallest absolute Gasteiger partial charge is 0.872 e. The van der Waals surface area contributed by atoms with Crippen molar-refractivity contribution < 1.29 is 64.6 Å². The minimum absolute atomic E-state index is 0. The van der Waals surface area contributed by atoms with E-state index < -0.39 is 32.4 Å². The summed E-state index contributed by atoms with van der Waals surface area (Å²) >= 11 is 10.5. The molecule has 3 rings (SSSR count). The van der Waals surface area contributed by atoms with Crippen LogP contribution in [-0.2, 0) is 54.3 Å². The molecule has 0 heterocycles. The summed E-state index contributed by atoms with van der Waals surface area (Å²) in [6.07, 6.45) is 6.19. The summed E-state index contributed by atoms with van der Waals surface area (Å²) in [4.78, 5) is 0. The van der Waals surface area contributed by atoms with Gasteiger partial charge in [0.1, 0.15) is 5.75 Å². The Kier molecular flexibility index (Phi) is 24.6. The molecular weight excluding hydrogens is 899 g/mol. The monoisotopic (exact) mass is 948 g/mol. The van der Waals surface area contributed by atoms with Crippen molar-refractivity contribution in [2.24, 2.45) is 5.92 Å². The quantitative estimate of drug-likeness (QED) is 0.124. The molecule has 0 bridgehead atoms. The molecule has 0 aromatic heterocycles. The van der Waals surface area contributed by atoms with Gasteiger partial charge < -0.3 is 9.84 Å². The van der Waals surface area contributed by atoms with Crippen molar-refractivity contribution in [1.82, 2.24) is 0 Å². The van der Waals surface area contributed by atoms with Crippen molar-refractivity contribution >= 4 is 68.0 Å². The number of benzene rings is 3. The Labute approximate surface area is 354 Å². The fraction of sp³-hybridized carbons (Fsp3) is 0.514. The Morgan fingerprint density at radius 1 is 0.627 bits per heavy atom. The number of hydrogen-bond acceptors (Lipinski definition) is 8. The molecule has 51 heavy (non-hydrogen) atoms. The molecule has 0 saturated heterocycles. The topological polar surface area (TPSA) is 119 Å². The Morgan fingerprint density at radius 3 is 1.47 bits per heavy atom. The molecule has 8 nitrogen and oxygen atoms in total. The first kappa shape index (κ1) is 50.5. The number of halogens is 3. The van der Waals surface area contributed by atoms with Gasteiger partial charge in [-0.3, -0.25) is 8.37 Å². The maximum Gasteiger partial charge on any atom is 1.00 e. The van der Waals surface area contributed by atoms with E-state index >= 15 is 0 Å². The van der Waals surface area contributed by atoms with E-state index in [0.717, 1.165) is 54.8 Å². The summed E-state index contributed by atoms with van der Waals surface area (Å²) < 4.78 is 61.2. The first-order valence-electron chi connectivity index (χ1n) is 16.6. The molecule has 0 fully saturated rings. The van der Waals surface area contributed by atoms with Gasteiger partial charge in [0.25, 0.3) is 20.2 Å². The second kappa shape index (κ2) is 24.8. The molecule has 0 aliphatic rings. The average Bonchev–Trinajstić information content (AvgIpc) is 2.99. The zero-order valence-corrected chi connectivity index (χ0v) is 39.9. The molecular formula is C37H52Br3NaO8S2. The normalized spacial score (nSPS) is 13.6. The van der Waals surface area contributed by atoms with Crippen LogP contribution in [-0.4, -0.2) is 47.7 Å². The van der Waals surface area contributed by atoms with E-state index in [9.17, 15) is 21.9 Å². The van der Waals surface area contributed by atoms with Crippen LogP contribution in [0.1, 0.15) is 83.6 Å². The van der Waals surface area contributed by atoms with Gasteiger partial charge >= 0.3 is 29.6 Å².